The van der Waals surface area contributed by atoms with Crippen LogP contribution in [0.4, 0.5) is 14.9 Å². The highest BCUT2D eigenvalue weighted by molar-refractivity contribution is 6.31. The smallest absolute Gasteiger partial charge is 0.322 e. The summed E-state index contributed by atoms with van der Waals surface area (Å²) in [5, 5.41) is 5.01. The van der Waals surface area contributed by atoms with Gasteiger partial charge in [-0.2, -0.15) is 0 Å². The van der Waals surface area contributed by atoms with Gasteiger partial charge in [0.25, 0.3) is 5.91 Å². The number of aromatic nitrogens is 1. The molecule has 0 aliphatic carbocycles. The zero-order valence-corrected chi connectivity index (χ0v) is 17.4. The van der Waals surface area contributed by atoms with Crippen molar-refractivity contribution in [3.63, 3.8) is 0 Å². The SMILES string of the molecule is O=C1NC(=O)C(CCC(=O)N2CCN(c3ccc(F)c(Cl)c3)CC2)(c2ccncc2)N1. The zero-order chi connectivity index (χ0) is 22.0. The van der Waals surface area contributed by atoms with Gasteiger partial charge in [-0.1, -0.05) is 11.6 Å². The normalized spacial score (nSPS) is 21.1. The molecule has 1 aromatic heterocycles. The van der Waals surface area contributed by atoms with Gasteiger partial charge in [-0.25, -0.2) is 9.18 Å². The second-order valence-corrected chi connectivity index (χ2v) is 7.92. The van der Waals surface area contributed by atoms with Crippen molar-refractivity contribution >= 4 is 35.1 Å². The number of piperazine rings is 1. The highest BCUT2D eigenvalue weighted by atomic mass is 35.5. The van der Waals surface area contributed by atoms with Gasteiger partial charge in [0.15, 0.2) is 0 Å². The molecule has 0 saturated carbocycles. The van der Waals surface area contributed by atoms with Crippen molar-refractivity contribution in [3.8, 4) is 0 Å². The van der Waals surface area contributed by atoms with E-state index in [1.807, 2.05) is 4.90 Å². The second kappa shape index (κ2) is 8.50. The van der Waals surface area contributed by atoms with E-state index >= 15 is 0 Å². The Hall–Kier alpha value is -3.20. The van der Waals surface area contributed by atoms with E-state index in [0.29, 0.717) is 31.7 Å². The summed E-state index contributed by atoms with van der Waals surface area (Å²) < 4.78 is 13.4. The van der Waals surface area contributed by atoms with Gasteiger partial charge in [-0.15, -0.1) is 0 Å². The molecule has 162 valence electrons. The Morgan fingerprint density at radius 2 is 1.84 bits per heavy atom. The minimum absolute atomic E-state index is 0.0642. The van der Waals surface area contributed by atoms with Crippen LogP contribution in [0, 0.1) is 5.82 Å². The van der Waals surface area contributed by atoms with Crippen LogP contribution in [0.3, 0.4) is 0 Å². The van der Waals surface area contributed by atoms with E-state index in [4.69, 9.17) is 11.6 Å². The molecule has 2 aromatic rings. The topological polar surface area (TPSA) is 94.6 Å². The third kappa shape index (κ3) is 4.18. The molecule has 2 N–H and O–H groups in total. The molecule has 4 amide bonds. The molecule has 2 aliphatic rings. The summed E-state index contributed by atoms with van der Waals surface area (Å²) >= 11 is 5.87. The second-order valence-electron chi connectivity index (χ2n) is 7.52. The predicted octanol–water partition coefficient (Wildman–Crippen LogP) is 2.04. The fourth-order valence-electron chi connectivity index (χ4n) is 4.00. The number of carbonyl (C=O) groups excluding carboxylic acids is 3. The summed E-state index contributed by atoms with van der Waals surface area (Å²) in [6.45, 7) is 2.16. The lowest BCUT2D eigenvalue weighted by atomic mass is 9.86. The number of hydrogen-bond acceptors (Lipinski definition) is 5. The maximum Gasteiger partial charge on any atom is 0.322 e. The van der Waals surface area contributed by atoms with Crippen molar-refractivity contribution in [2.45, 2.75) is 18.4 Å². The number of nitrogens with one attached hydrogen (secondary N) is 2. The Balaban J connectivity index is 1.39. The molecular formula is C21H21ClFN5O3. The van der Waals surface area contributed by atoms with Gasteiger partial charge in [0.2, 0.25) is 5.91 Å². The van der Waals surface area contributed by atoms with Crippen molar-refractivity contribution in [1.29, 1.82) is 0 Å². The maximum absolute atomic E-state index is 13.4. The van der Waals surface area contributed by atoms with E-state index < -0.39 is 23.3 Å². The van der Waals surface area contributed by atoms with E-state index in [1.165, 1.54) is 18.5 Å². The van der Waals surface area contributed by atoms with Gasteiger partial charge in [0.1, 0.15) is 11.4 Å². The molecular weight excluding hydrogens is 425 g/mol. The number of hydrogen-bond donors (Lipinski definition) is 2. The molecule has 2 aliphatic heterocycles. The number of rotatable bonds is 5. The van der Waals surface area contributed by atoms with Crippen molar-refractivity contribution in [2.75, 3.05) is 31.1 Å². The monoisotopic (exact) mass is 445 g/mol. The Labute approximate surface area is 183 Å². The van der Waals surface area contributed by atoms with Crippen LogP contribution in [0.15, 0.2) is 42.7 Å². The van der Waals surface area contributed by atoms with Gasteiger partial charge >= 0.3 is 6.03 Å². The number of benzene rings is 1. The average Bonchev–Trinajstić information content (AvgIpc) is 3.08. The van der Waals surface area contributed by atoms with Crippen molar-refractivity contribution in [1.82, 2.24) is 20.5 Å². The third-order valence-corrected chi connectivity index (χ3v) is 6.02. The molecule has 1 atom stereocenters. The molecule has 10 heteroatoms. The molecule has 3 heterocycles. The molecule has 8 nitrogen and oxygen atoms in total. The number of imide groups is 1. The van der Waals surface area contributed by atoms with E-state index in [1.54, 1.807) is 29.2 Å². The van der Waals surface area contributed by atoms with Gasteiger partial charge in [-0.05, 0) is 42.3 Å². The van der Waals surface area contributed by atoms with Crippen LogP contribution in [0.2, 0.25) is 5.02 Å². The molecule has 4 rings (SSSR count). The van der Waals surface area contributed by atoms with Gasteiger partial charge in [0, 0.05) is 50.7 Å². The van der Waals surface area contributed by atoms with Crippen LogP contribution in [-0.2, 0) is 15.1 Å². The summed E-state index contributed by atoms with van der Waals surface area (Å²) in [6, 6.07) is 7.30. The molecule has 0 bridgehead atoms. The number of amides is 4. The van der Waals surface area contributed by atoms with Crippen LogP contribution in [-0.4, -0.2) is 53.9 Å². The summed E-state index contributed by atoms with van der Waals surface area (Å²) in [5.41, 5.74) is 0.0969. The lowest BCUT2D eigenvalue weighted by Crippen LogP contribution is -2.50. The predicted molar refractivity (Wildman–Crippen MR) is 112 cm³/mol. The summed E-state index contributed by atoms with van der Waals surface area (Å²) in [4.78, 5) is 44.9. The lowest BCUT2D eigenvalue weighted by Gasteiger charge is -2.36. The van der Waals surface area contributed by atoms with E-state index in [2.05, 4.69) is 15.6 Å². The first kappa shape index (κ1) is 21.0. The first-order valence-corrected chi connectivity index (χ1v) is 10.3. The quantitative estimate of drug-likeness (QED) is 0.687. The number of carbonyl (C=O) groups is 3. The number of nitrogens with zero attached hydrogens (tertiary/aromatic N) is 3. The summed E-state index contributed by atoms with van der Waals surface area (Å²) in [5.74, 6) is -1.04. The number of halogens is 2. The van der Waals surface area contributed by atoms with E-state index in [0.717, 1.165) is 5.69 Å². The fourth-order valence-corrected chi connectivity index (χ4v) is 4.17. The molecule has 2 fully saturated rings. The molecule has 0 spiro atoms. The number of urea groups is 1. The maximum atomic E-state index is 13.4. The standard InChI is InChI=1S/C21H21ClFN5O3/c22-16-13-15(1-2-17(16)23)27-9-11-28(12-10-27)18(29)3-6-21(14-4-7-24-8-5-14)19(30)25-20(31)26-21/h1-2,4-5,7-8,13H,3,6,9-12H2,(H2,25,26,30,31). The first-order valence-electron chi connectivity index (χ1n) is 9.91. The van der Waals surface area contributed by atoms with E-state index in [-0.39, 0.29) is 23.8 Å². The molecule has 1 aromatic carbocycles. The zero-order valence-electron chi connectivity index (χ0n) is 16.6. The number of anilines is 1. The molecule has 0 radical (unpaired) electrons. The Kier molecular flexibility index (Phi) is 5.77. The first-order chi connectivity index (χ1) is 14.9. The summed E-state index contributed by atoms with van der Waals surface area (Å²) in [6.07, 6.45) is 3.31. The van der Waals surface area contributed by atoms with E-state index in [9.17, 15) is 18.8 Å². The van der Waals surface area contributed by atoms with Gasteiger partial charge < -0.3 is 15.1 Å². The minimum atomic E-state index is -1.29. The van der Waals surface area contributed by atoms with Crippen LogP contribution in [0.1, 0.15) is 18.4 Å². The minimum Gasteiger partial charge on any atom is -0.368 e. The van der Waals surface area contributed by atoms with Crippen LogP contribution < -0.4 is 15.5 Å². The van der Waals surface area contributed by atoms with Crippen molar-refractivity contribution < 1.29 is 18.8 Å². The largest absolute Gasteiger partial charge is 0.368 e. The molecule has 2 saturated heterocycles. The van der Waals surface area contributed by atoms with Gasteiger partial charge in [-0.3, -0.25) is 19.9 Å². The summed E-state index contributed by atoms with van der Waals surface area (Å²) in [7, 11) is 0. The third-order valence-electron chi connectivity index (χ3n) is 5.73. The fraction of sp³-hybridized carbons (Fsp3) is 0.333. The van der Waals surface area contributed by atoms with Gasteiger partial charge in [0.05, 0.1) is 5.02 Å². The molecule has 31 heavy (non-hydrogen) atoms. The highest BCUT2D eigenvalue weighted by Crippen LogP contribution is 2.30. The highest BCUT2D eigenvalue weighted by Gasteiger charge is 2.47. The Morgan fingerprint density at radius 3 is 2.45 bits per heavy atom. The molecule has 1 unspecified atom stereocenters. The Morgan fingerprint density at radius 1 is 1.13 bits per heavy atom. The van der Waals surface area contributed by atoms with Crippen molar-refractivity contribution in [3.05, 3.63) is 59.1 Å². The van der Waals surface area contributed by atoms with Crippen molar-refractivity contribution in [2.24, 2.45) is 0 Å². The van der Waals surface area contributed by atoms with Crippen LogP contribution >= 0.6 is 11.6 Å². The lowest BCUT2D eigenvalue weighted by molar-refractivity contribution is -0.132. The number of pyridine rings is 1. The van der Waals surface area contributed by atoms with Crippen LogP contribution in [0.5, 0.6) is 0 Å². The Bertz CT molecular complexity index is 1010. The van der Waals surface area contributed by atoms with Crippen LogP contribution in [0.25, 0.3) is 0 Å². The average molecular weight is 446 g/mol.